The van der Waals surface area contributed by atoms with Crippen LogP contribution in [0.2, 0.25) is 0 Å². The Labute approximate surface area is 178 Å². The number of amides is 2. The molecule has 1 saturated heterocycles. The average Bonchev–Trinajstić information content (AvgIpc) is 2.74. The molecule has 2 amide bonds. The number of carbonyl (C=O) groups is 2. The monoisotopic (exact) mass is 406 g/mol. The number of nitrogens with zero attached hydrogens (tertiary/aromatic N) is 3. The first-order chi connectivity index (χ1) is 14.4. The molecular weight excluding hydrogens is 376 g/mol. The van der Waals surface area contributed by atoms with Crippen molar-refractivity contribution in [3.63, 3.8) is 0 Å². The molecule has 0 bridgehead atoms. The van der Waals surface area contributed by atoms with Crippen molar-refractivity contribution in [2.24, 2.45) is 0 Å². The summed E-state index contributed by atoms with van der Waals surface area (Å²) in [6, 6.07) is 16.1. The van der Waals surface area contributed by atoms with Crippen LogP contribution in [0.5, 0.6) is 0 Å². The number of fused-ring (bicyclic) bond motifs is 1. The van der Waals surface area contributed by atoms with Gasteiger partial charge in [-0.05, 0) is 56.3 Å². The van der Waals surface area contributed by atoms with E-state index in [0.29, 0.717) is 0 Å². The van der Waals surface area contributed by atoms with E-state index < -0.39 is 0 Å². The maximum atomic E-state index is 12.8. The third-order valence-corrected chi connectivity index (χ3v) is 6.19. The first-order valence-electron chi connectivity index (χ1n) is 10.7. The summed E-state index contributed by atoms with van der Waals surface area (Å²) in [5.41, 5.74) is 3.81. The van der Waals surface area contributed by atoms with E-state index in [1.54, 1.807) is 6.92 Å². The second-order valence-electron chi connectivity index (χ2n) is 8.40. The number of piperazine rings is 1. The summed E-state index contributed by atoms with van der Waals surface area (Å²) in [4.78, 5) is 31.0. The van der Waals surface area contributed by atoms with E-state index in [9.17, 15) is 9.59 Å². The third-order valence-electron chi connectivity index (χ3n) is 6.19. The van der Waals surface area contributed by atoms with Gasteiger partial charge in [-0.3, -0.25) is 9.59 Å². The molecule has 2 aromatic rings. The molecule has 0 unspecified atom stereocenters. The van der Waals surface area contributed by atoms with E-state index in [-0.39, 0.29) is 23.9 Å². The van der Waals surface area contributed by atoms with Crippen LogP contribution in [0.25, 0.3) is 0 Å². The van der Waals surface area contributed by atoms with E-state index in [2.05, 4.69) is 30.3 Å². The molecule has 4 rings (SSSR count). The first kappa shape index (κ1) is 20.4. The first-order valence-corrected chi connectivity index (χ1v) is 10.7. The van der Waals surface area contributed by atoms with Crippen LogP contribution in [-0.4, -0.2) is 60.9 Å². The molecule has 2 aliphatic rings. The van der Waals surface area contributed by atoms with Crippen LogP contribution in [0, 0.1) is 0 Å². The van der Waals surface area contributed by atoms with Gasteiger partial charge in [0.25, 0.3) is 5.91 Å². The molecule has 6 nitrogen and oxygen atoms in total. The van der Waals surface area contributed by atoms with Gasteiger partial charge in [0.2, 0.25) is 5.91 Å². The highest BCUT2D eigenvalue weighted by molar-refractivity contribution is 5.95. The van der Waals surface area contributed by atoms with Crippen molar-refractivity contribution in [1.29, 1.82) is 0 Å². The van der Waals surface area contributed by atoms with Gasteiger partial charge in [0.05, 0.1) is 6.04 Å². The lowest BCUT2D eigenvalue weighted by Crippen LogP contribution is -2.47. The lowest BCUT2D eigenvalue weighted by Gasteiger charge is -2.39. The number of benzene rings is 2. The van der Waals surface area contributed by atoms with Crippen LogP contribution < -0.4 is 10.2 Å². The van der Waals surface area contributed by atoms with Crippen molar-refractivity contribution in [2.75, 3.05) is 43.4 Å². The Morgan fingerprint density at radius 3 is 2.30 bits per heavy atom. The minimum Gasteiger partial charge on any atom is -0.378 e. The zero-order valence-electron chi connectivity index (χ0n) is 18.0. The predicted octanol–water partition coefficient (Wildman–Crippen LogP) is 3.37. The fraction of sp³-hybridized carbons (Fsp3) is 0.417. The highest BCUT2D eigenvalue weighted by atomic mass is 16.2. The Kier molecular flexibility index (Phi) is 5.77. The number of nitrogens with one attached hydrogen (secondary N) is 1. The lowest BCUT2D eigenvalue weighted by atomic mass is 9.91. The van der Waals surface area contributed by atoms with Crippen molar-refractivity contribution < 1.29 is 9.59 Å². The normalized spacial score (nSPS) is 21.8. The number of hydrogen-bond acceptors (Lipinski definition) is 4. The van der Waals surface area contributed by atoms with Crippen LogP contribution in [0.3, 0.4) is 0 Å². The number of anilines is 2. The maximum Gasteiger partial charge on any atom is 0.253 e. The summed E-state index contributed by atoms with van der Waals surface area (Å²) in [6.45, 7) is 7.10. The second kappa shape index (κ2) is 8.48. The van der Waals surface area contributed by atoms with Crippen molar-refractivity contribution in [3.8, 4) is 0 Å². The number of hydrogen-bond donors (Lipinski definition) is 1. The summed E-state index contributed by atoms with van der Waals surface area (Å²) in [5.74, 6) is 0.170. The van der Waals surface area contributed by atoms with Gasteiger partial charge in [-0.1, -0.05) is 18.2 Å². The predicted molar refractivity (Wildman–Crippen MR) is 120 cm³/mol. The molecule has 2 atom stereocenters. The van der Waals surface area contributed by atoms with Crippen LogP contribution in [-0.2, 0) is 4.79 Å². The lowest BCUT2D eigenvalue weighted by molar-refractivity contribution is -0.117. The summed E-state index contributed by atoms with van der Waals surface area (Å²) < 4.78 is 0. The molecule has 0 spiro atoms. The largest absolute Gasteiger partial charge is 0.378 e. The van der Waals surface area contributed by atoms with Gasteiger partial charge in [0.15, 0.2) is 0 Å². The molecule has 158 valence electrons. The zero-order valence-corrected chi connectivity index (χ0v) is 18.0. The number of rotatable bonds is 3. The molecule has 2 aliphatic heterocycles. The summed E-state index contributed by atoms with van der Waals surface area (Å²) >= 11 is 0. The van der Waals surface area contributed by atoms with Gasteiger partial charge < -0.3 is 20.0 Å². The molecule has 0 aromatic heterocycles. The number of para-hydroxylation sites is 1. The van der Waals surface area contributed by atoms with Gasteiger partial charge in [-0.15, -0.1) is 0 Å². The Balaban J connectivity index is 1.49. The van der Waals surface area contributed by atoms with E-state index in [1.807, 2.05) is 52.3 Å². The molecule has 0 saturated carbocycles. The van der Waals surface area contributed by atoms with Gasteiger partial charge in [-0.2, -0.15) is 0 Å². The molecule has 0 radical (unpaired) electrons. The highest BCUT2D eigenvalue weighted by Crippen LogP contribution is 2.38. The Morgan fingerprint density at radius 1 is 0.967 bits per heavy atom. The smallest absolute Gasteiger partial charge is 0.253 e. The SMILES string of the molecule is CC(=O)N1c2ccccc2[C@@H](Nc2ccc(C(=O)N3CCN(C)CC3)cc2)C[C@H]1C. The maximum absolute atomic E-state index is 12.8. The van der Waals surface area contributed by atoms with Crippen molar-refractivity contribution in [2.45, 2.75) is 32.4 Å². The second-order valence-corrected chi connectivity index (χ2v) is 8.40. The molecule has 30 heavy (non-hydrogen) atoms. The number of likely N-dealkylation sites (N-methyl/N-ethyl adjacent to an activating group) is 1. The fourth-order valence-electron chi connectivity index (χ4n) is 4.53. The molecule has 2 aromatic carbocycles. The van der Waals surface area contributed by atoms with Crippen LogP contribution >= 0.6 is 0 Å². The molecule has 2 heterocycles. The molecule has 1 N–H and O–H groups in total. The average molecular weight is 407 g/mol. The van der Waals surface area contributed by atoms with E-state index in [0.717, 1.165) is 55.1 Å². The van der Waals surface area contributed by atoms with Crippen molar-refractivity contribution >= 4 is 23.2 Å². The van der Waals surface area contributed by atoms with E-state index in [4.69, 9.17) is 0 Å². The molecule has 1 fully saturated rings. The number of carbonyl (C=O) groups excluding carboxylic acids is 2. The highest BCUT2D eigenvalue weighted by Gasteiger charge is 2.32. The summed E-state index contributed by atoms with van der Waals surface area (Å²) in [6.07, 6.45) is 0.832. The van der Waals surface area contributed by atoms with Crippen LogP contribution in [0.4, 0.5) is 11.4 Å². The van der Waals surface area contributed by atoms with Gasteiger partial charge in [0.1, 0.15) is 0 Å². The standard InChI is InChI=1S/C24H30N4O2/c1-17-16-22(21-6-4-5-7-23(21)28(17)18(2)29)25-20-10-8-19(9-11-20)24(30)27-14-12-26(3)13-15-27/h4-11,17,22,25H,12-16H2,1-3H3/t17-,22+/m1/s1. The Hall–Kier alpha value is -2.86. The third kappa shape index (κ3) is 4.05. The minimum atomic E-state index is 0.0696. The summed E-state index contributed by atoms with van der Waals surface area (Å²) in [5, 5.41) is 3.61. The van der Waals surface area contributed by atoms with Gasteiger partial charge in [0, 0.05) is 56.1 Å². The van der Waals surface area contributed by atoms with Crippen molar-refractivity contribution in [1.82, 2.24) is 9.80 Å². The van der Waals surface area contributed by atoms with Crippen LogP contribution in [0.1, 0.15) is 42.2 Å². The topological polar surface area (TPSA) is 55.9 Å². The minimum absolute atomic E-state index is 0.0696. The Bertz CT molecular complexity index is 919. The van der Waals surface area contributed by atoms with Crippen LogP contribution in [0.15, 0.2) is 48.5 Å². The van der Waals surface area contributed by atoms with E-state index in [1.165, 1.54) is 0 Å². The molecule has 6 heteroatoms. The summed E-state index contributed by atoms with van der Waals surface area (Å²) in [7, 11) is 2.09. The van der Waals surface area contributed by atoms with Gasteiger partial charge >= 0.3 is 0 Å². The van der Waals surface area contributed by atoms with Crippen molar-refractivity contribution in [3.05, 3.63) is 59.7 Å². The molecular formula is C24H30N4O2. The molecule has 0 aliphatic carbocycles. The fourth-order valence-corrected chi connectivity index (χ4v) is 4.53. The van der Waals surface area contributed by atoms with Gasteiger partial charge in [-0.25, -0.2) is 0 Å². The zero-order chi connectivity index (χ0) is 21.3. The van der Waals surface area contributed by atoms with E-state index >= 15 is 0 Å². The quantitative estimate of drug-likeness (QED) is 0.849. The Morgan fingerprint density at radius 2 is 1.63 bits per heavy atom.